The predicted octanol–water partition coefficient (Wildman–Crippen LogP) is 4.46. The number of aryl methyl sites for hydroxylation is 1. The molecule has 0 saturated heterocycles. The lowest BCUT2D eigenvalue weighted by Gasteiger charge is -2.15. The minimum Gasteiger partial charge on any atom is -0.374 e. The summed E-state index contributed by atoms with van der Waals surface area (Å²) in [4.78, 5) is 13.2. The molecule has 3 rings (SSSR count). The standard InChI is InChI=1S/C21H21F3N2O/c1-3-7-13-10-11-15(21(22,23)24)12-16(13)17-19(27)18(26-20(17)25-2)14-8-5-4-6-9-14/h4-6,8-12,18,25-26H,3,7H2,1-2H3. The van der Waals surface area contributed by atoms with Gasteiger partial charge in [0.05, 0.1) is 11.1 Å². The minimum absolute atomic E-state index is 0.234. The Morgan fingerprint density at radius 3 is 2.41 bits per heavy atom. The lowest BCUT2D eigenvalue weighted by Crippen LogP contribution is -2.24. The molecule has 0 amide bonds. The first-order valence-corrected chi connectivity index (χ1v) is 8.85. The number of nitrogens with one attached hydrogen (secondary N) is 2. The van der Waals surface area contributed by atoms with Crippen molar-refractivity contribution in [3.05, 3.63) is 76.6 Å². The maximum atomic E-state index is 13.3. The molecule has 1 unspecified atom stereocenters. The summed E-state index contributed by atoms with van der Waals surface area (Å²) in [5.41, 5.74) is 1.37. The van der Waals surface area contributed by atoms with Gasteiger partial charge in [-0.2, -0.15) is 13.2 Å². The van der Waals surface area contributed by atoms with Crippen molar-refractivity contribution >= 4 is 11.4 Å². The summed E-state index contributed by atoms with van der Waals surface area (Å²) in [5, 5.41) is 6.06. The Kier molecular flexibility index (Phi) is 5.26. The van der Waals surface area contributed by atoms with Gasteiger partial charge in [0, 0.05) is 7.05 Å². The average Bonchev–Trinajstić information content (AvgIpc) is 2.98. The average molecular weight is 374 g/mol. The molecule has 1 atom stereocenters. The third-order valence-electron chi connectivity index (χ3n) is 4.66. The molecule has 27 heavy (non-hydrogen) atoms. The first kappa shape index (κ1) is 19.0. The Labute approximate surface area is 156 Å². The van der Waals surface area contributed by atoms with Crippen molar-refractivity contribution in [1.29, 1.82) is 0 Å². The second kappa shape index (κ2) is 7.47. The van der Waals surface area contributed by atoms with Crippen molar-refractivity contribution in [1.82, 2.24) is 10.6 Å². The smallest absolute Gasteiger partial charge is 0.374 e. The molecule has 0 saturated carbocycles. The molecule has 0 aromatic heterocycles. The summed E-state index contributed by atoms with van der Waals surface area (Å²) < 4.78 is 39.8. The summed E-state index contributed by atoms with van der Waals surface area (Å²) >= 11 is 0. The first-order valence-electron chi connectivity index (χ1n) is 8.85. The SMILES string of the molecule is CCCc1ccc(C(F)(F)F)cc1C1=C(NC)NC(c2ccccc2)C1=O. The number of ketones is 1. The second-order valence-electron chi connectivity index (χ2n) is 6.47. The molecule has 0 fully saturated rings. The largest absolute Gasteiger partial charge is 0.416 e. The van der Waals surface area contributed by atoms with Crippen LogP contribution < -0.4 is 10.6 Å². The van der Waals surface area contributed by atoms with E-state index < -0.39 is 17.8 Å². The van der Waals surface area contributed by atoms with E-state index >= 15 is 0 Å². The van der Waals surface area contributed by atoms with Gasteiger partial charge >= 0.3 is 6.18 Å². The van der Waals surface area contributed by atoms with Gasteiger partial charge in [-0.15, -0.1) is 0 Å². The summed E-state index contributed by atoms with van der Waals surface area (Å²) in [6.45, 7) is 1.95. The lowest BCUT2D eigenvalue weighted by atomic mass is 9.90. The third-order valence-corrected chi connectivity index (χ3v) is 4.66. The van der Waals surface area contributed by atoms with E-state index in [9.17, 15) is 18.0 Å². The maximum absolute atomic E-state index is 13.3. The summed E-state index contributed by atoms with van der Waals surface area (Å²) in [5.74, 6) is 0.216. The fourth-order valence-corrected chi connectivity index (χ4v) is 3.37. The molecule has 142 valence electrons. The van der Waals surface area contributed by atoms with Crippen LogP contribution in [0.25, 0.3) is 5.57 Å². The molecule has 0 aliphatic carbocycles. The van der Waals surface area contributed by atoms with Crippen LogP contribution in [0.15, 0.2) is 54.4 Å². The van der Waals surface area contributed by atoms with Crippen molar-refractivity contribution in [3.8, 4) is 0 Å². The zero-order valence-corrected chi connectivity index (χ0v) is 15.2. The van der Waals surface area contributed by atoms with Gasteiger partial charge in [0.1, 0.15) is 11.9 Å². The molecule has 2 aromatic rings. The van der Waals surface area contributed by atoms with E-state index in [1.807, 2.05) is 37.3 Å². The van der Waals surface area contributed by atoms with Gasteiger partial charge in [-0.05, 0) is 35.2 Å². The van der Waals surface area contributed by atoms with E-state index in [4.69, 9.17) is 0 Å². The van der Waals surface area contributed by atoms with E-state index in [0.29, 0.717) is 17.8 Å². The van der Waals surface area contributed by atoms with Crippen LogP contribution in [0.5, 0.6) is 0 Å². The molecule has 2 aromatic carbocycles. The van der Waals surface area contributed by atoms with Crippen LogP contribution in [0.2, 0.25) is 0 Å². The molecular weight excluding hydrogens is 353 g/mol. The highest BCUT2D eigenvalue weighted by Crippen LogP contribution is 2.37. The van der Waals surface area contributed by atoms with Crippen molar-refractivity contribution in [2.75, 3.05) is 7.05 Å². The van der Waals surface area contributed by atoms with E-state index in [1.165, 1.54) is 6.07 Å². The molecular formula is C21H21F3N2O. The highest BCUT2D eigenvalue weighted by molar-refractivity contribution is 6.26. The topological polar surface area (TPSA) is 41.1 Å². The van der Waals surface area contributed by atoms with Gasteiger partial charge in [-0.1, -0.05) is 49.7 Å². The van der Waals surface area contributed by atoms with Crippen LogP contribution in [0.4, 0.5) is 13.2 Å². The van der Waals surface area contributed by atoms with Crippen molar-refractivity contribution in [2.24, 2.45) is 0 Å². The zero-order valence-electron chi connectivity index (χ0n) is 15.2. The number of carbonyl (C=O) groups is 1. The van der Waals surface area contributed by atoms with Gasteiger partial charge in [0.15, 0.2) is 5.78 Å². The monoisotopic (exact) mass is 374 g/mol. The van der Waals surface area contributed by atoms with Crippen LogP contribution in [-0.2, 0) is 17.4 Å². The summed E-state index contributed by atoms with van der Waals surface area (Å²) in [6.07, 6.45) is -3.10. The Bertz CT molecular complexity index is 873. The minimum atomic E-state index is -4.46. The van der Waals surface area contributed by atoms with Crippen molar-refractivity contribution in [3.63, 3.8) is 0 Å². The number of halogens is 3. The van der Waals surface area contributed by atoms with E-state index in [2.05, 4.69) is 10.6 Å². The fourth-order valence-electron chi connectivity index (χ4n) is 3.37. The van der Waals surface area contributed by atoms with Crippen LogP contribution >= 0.6 is 0 Å². The molecule has 1 heterocycles. The van der Waals surface area contributed by atoms with Crippen LogP contribution in [0.3, 0.4) is 0 Å². The zero-order chi connectivity index (χ0) is 19.6. The fraction of sp³-hybridized carbons (Fsp3) is 0.286. The van der Waals surface area contributed by atoms with E-state index in [-0.39, 0.29) is 11.4 Å². The van der Waals surface area contributed by atoms with Crippen LogP contribution in [-0.4, -0.2) is 12.8 Å². The lowest BCUT2D eigenvalue weighted by molar-refractivity contribution is -0.137. The van der Waals surface area contributed by atoms with Gasteiger partial charge in [0.25, 0.3) is 0 Å². The maximum Gasteiger partial charge on any atom is 0.416 e. The van der Waals surface area contributed by atoms with Gasteiger partial charge in [0.2, 0.25) is 0 Å². The molecule has 2 N–H and O–H groups in total. The Morgan fingerprint density at radius 2 is 1.81 bits per heavy atom. The Morgan fingerprint density at radius 1 is 1.11 bits per heavy atom. The molecule has 3 nitrogen and oxygen atoms in total. The molecule has 6 heteroatoms. The number of hydrogen-bond acceptors (Lipinski definition) is 3. The van der Waals surface area contributed by atoms with Crippen LogP contribution in [0.1, 0.15) is 41.6 Å². The number of carbonyl (C=O) groups excluding carboxylic acids is 1. The van der Waals surface area contributed by atoms with E-state index in [0.717, 1.165) is 29.7 Å². The van der Waals surface area contributed by atoms with Gasteiger partial charge in [-0.3, -0.25) is 4.79 Å². The predicted molar refractivity (Wildman–Crippen MR) is 98.7 cm³/mol. The van der Waals surface area contributed by atoms with Crippen molar-refractivity contribution < 1.29 is 18.0 Å². The first-order chi connectivity index (χ1) is 12.9. The molecule has 0 spiro atoms. The normalized spacial score (nSPS) is 17.2. The highest BCUT2D eigenvalue weighted by Gasteiger charge is 2.37. The van der Waals surface area contributed by atoms with Crippen LogP contribution in [0, 0.1) is 0 Å². The summed E-state index contributed by atoms with van der Waals surface area (Å²) in [7, 11) is 1.65. The van der Waals surface area contributed by atoms with Gasteiger partial charge < -0.3 is 10.6 Å². The number of hydrogen-bond donors (Lipinski definition) is 2. The molecule has 0 bridgehead atoms. The highest BCUT2D eigenvalue weighted by atomic mass is 19.4. The Balaban J connectivity index is 2.11. The van der Waals surface area contributed by atoms with E-state index in [1.54, 1.807) is 7.05 Å². The molecule has 1 aliphatic rings. The number of benzene rings is 2. The Hall–Kier alpha value is -2.76. The quantitative estimate of drug-likeness (QED) is 0.812. The van der Waals surface area contributed by atoms with Gasteiger partial charge in [-0.25, -0.2) is 0 Å². The molecule has 0 radical (unpaired) electrons. The molecule has 1 aliphatic heterocycles. The number of rotatable bonds is 5. The number of alkyl halides is 3. The second-order valence-corrected chi connectivity index (χ2v) is 6.47. The summed E-state index contributed by atoms with van der Waals surface area (Å²) in [6, 6.07) is 12.2. The third kappa shape index (κ3) is 3.70. The van der Waals surface area contributed by atoms with Crippen molar-refractivity contribution in [2.45, 2.75) is 32.0 Å². The number of Topliss-reactive ketones (excluding diaryl/α,β-unsaturated/α-hetero) is 1.